The zero-order valence-electron chi connectivity index (χ0n) is 19.8. The van der Waals surface area contributed by atoms with Crippen LogP contribution in [0, 0.1) is 0 Å². The first-order chi connectivity index (χ1) is 17.7. The lowest BCUT2D eigenvalue weighted by Crippen LogP contribution is -2.38. The molecule has 3 aromatic rings. The van der Waals surface area contributed by atoms with Crippen molar-refractivity contribution >= 4 is 29.0 Å². The molecule has 2 bridgehead atoms. The van der Waals surface area contributed by atoms with E-state index in [9.17, 15) is 31.1 Å². The Bertz CT molecular complexity index is 1330. The minimum atomic E-state index is -5.08. The third-order valence-corrected chi connectivity index (χ3v) is 6.14. The van der Waals surface area contributed by atoms with Crippen molar-refractivity contribution in [1.82, 2.24) is 29.3 Å². The monoisotopic (exact) mass is 548 g/mol. The quantitative estimate of drug-likeness (QED) is 0.480. The van der Waals surface area contributed by atoms with Gasteiger partial charge in [-0.2, -0.15) is 36.5 Å². The first-order valence-corrected chi connectivity index (χ1v) is 11.3. The van der Waals surface area contributed by atoms with E-state index >= 15 is 0 Å². The van der Waals surface area contributed by atoms with Gasteiger partial charge in [-0.25, -0.2) is 14.3 Å². The van der Waals surface area contributed by atoms with E-state index in [4.69, 9.17) is 9.90 Å². The van der Waals surface area contributed by atoms with E-state index in [1.807, 2.05) is 6.07 Å². The van der Waals surface area contributed by atoms with E-state index in [0.29, 0.717) is 11.7 Å². The highest BCUT2D eigenvalue weighted by atomic mass is 19.4. The number of carboxylic acid groups (broad SMARTS) is 1. The molecule has 0 spiro atoms. The van der Waals surface area contributed by atoms with Crippen molar-refractivity contribution in [3.8, 4) is 0 Å². The number of aryl methyl sites for hydroxylation is 1. The summed E-state index contributed by atoms with van der Waals surface area (Å²) in [5, 5.41) is 17.0. The van der Waals surface area contributed by atoms with E-state index in [1.54, 1.807) is 6.20 Å². The number of hydrogen-bond donors (Lipinski definition) is 2. The Morgan fingerprint density at radius 3 is 2.34 bits per heavy atom. The van der Waals surface area contributed by atoms with Crippen LogP contribution in [0.3, 0.4) is 0 Å². The van der Waals surface area contributed by atoms with Crippen LogP contribution in [-0.2, 0) is 18.0 Å². The summed E-state index contributed by atoms with van der Waals surface area (Å²) in [5.74, 6) is -2.73. The molecule has 6 rings (SSSR count). The number of amides is 1. The Hall–Kier alpha value is -3.89. The number of halogens is 6. The summed E-state index contributed by atoms with van der Waals surface area (Å²) in [7, 11) is 1.36. The second-order valence-corrected chi connectivity index (χ2v) is 8.70. The number of carbonyl (C=O) groups is 2. The second-order valence-electron chi connectivity index (χ2n) is 8.70. The normalized spacial score (nSPS) is 19.6. The molecular weight excluding hydrogens is 526 g/mol. The summed E-state index contributed by atoms with van der Waals surface area (Å²) in [6, 6.07) is 2.25. The Labute approximate surface area is 210 Å². The highest BCUT2D eigenvalue weighted by Crippen LogP contribution is 2.34. The van der Waals surface area contributed by atoms with E-state index in [-0.39, 0.29) is 5.56 Å². The third-order valence-electron chi connectivity index (χ3n) is 6.14. The second kappa shape index (κ2) is 10.1. The Balaban J connectivity index is 0.000000426. The largest absolute Gasteiger partial charge is 0.490 e. The average Bonchev–Trinajstić information content (AvgIpc) is 3.29. The van der Waals surface area contributed by atoms with Gasteiger partial charge in [0, 0.05) is 51.7 Å². The first-order valence-electron chi connectivity index (χ1n) is 11.3. The number of aliphatic carboxylic acids is 1. The van der Waals surface area contributed by atoms with Crippen LogP contribution in [-0.4, -0.2) is 84.7 Å². The number of rotatable bonds is 3. The van der Waals surface area contributed by atoms with Crippen LogP contribution in [0.5, 0.6) is 0 Å². The Morgan fingerprint density at radius 2 is 1.74 bits per heavy atom. The molecule has 3 aromatic heterocycles. The van der Waals surface area contributed by atoms with Crippen LogP contribution in [0.15, 0.2) is 24.7 Å². The average molecular weight is 548 g/mol. The molecule has 206 valence electrons. The molecule has 3 saturated heterocycles. The summed E-state index contributed by atoms with van der Waals surface area (Å²) in [4.78, 5) is 31.1. The predicted molar refractivity (Wildman–Crippen MR) is 120 cm³/mol. The lowest BCUT2D eigenvalue weighted by atomic mass is 10.1. The van der Waals surface area contributed by atoms with Crippen molar-refractivity contribution < 1.29 is 41.0 Å². The Kier molecular flexibility index (Phi) is 7.22. The van der Waals surface area contributed by atoms with Gasteiger partial charge in [0.25, 0.3) is 5.91 Å². The molecule has 1 amide bonds. The van der Waals surface area contributed by atoms with E-state index in [2.05, 4.69) is 30.3 Å². The number of aromatic nitrogens is 5. The zero-order chi connectivity index (χ0) is 27.8. The number of fused-ring (bicyclic) bond motifs is 5. The van der Waals surface area contributed by atoms with Gasteiger partial charge in [-0.1, -0.05) is 0 Å². The molecule has 3 fully saturated rings. The number of alkyl halides is 6. The van der Waals surface area contributed by atoms with E-state index < -0.39 is 35.6 Å². The minimum absolute atomic E-state index is 0.0988. The van der Waals surface area contributed by atoms with E-state index in [0.717, 1.165) is 55.7 Å². The SMILES string of the molecule is Cn1cc(NC(=O)c2cnn3ccc(N4CCN5CCC4CC5)nc23)c(C(F)(F)F)n1.O=C(O)C(F)(F)F. The number of nitrogens with one attached hydrogen (secondary N) is 1. The lowest BCUT2D eigenvalue weighted by molar-refractivity contribution is -0.192. The molecule has 3 aliphatic rings. The fourth-order valence-electron chi connectivity index (χ4n) is 4.35. The number of carbonyl (C=O) groups excluding carboxylic acids is 1. The molecule has 0 aromatic carbocycles. The van der Waals surface area contributed by atoms with Crippen molar-refractivity contribution in [2.75, 3.05) is 36.4 Å². The number of nitrogens with zero attached hydrogens (tertiary/aromatic N) is 7. The molecule has 0 radical (unpaired) electrons. The van der Waals surface area contributed by atoms with Gasteiger partial charge in [0.15, 0.2) is 11.3 Å². The first kappa shape index (κ1) is 27.2. The summed E-state index contributed by atoms with van der Waals surface area (Å²) < 4.78 is 73.8. The van der Waals surface area contributed by atoms with Gasteiger partial charge in [0.05, 0.1) is 11.9 Å². The maximum absolute atomic E-state index is 13.2. The highest BCUT2D eigenvalue weighted by molar-refractivity contribution is 6.08. The number of piperidine rings is 1. The van der Waals surface area contributed by atoms with Crippen LogP contribution in [0.4, 0.5) is 37.8 Å². The third kappa shape index (κ3) is 5.81. The summed E-state index contributed by atoms with van der Waals surface area (Å²) in [6.07, 6.45) is -3.50. The maximum atomic E-state index is 13.2. The molecule has 0 unspecified atom stereocenters. The summed E-state index contributed by atoms with van der Waals surface area (Å²) in [5.41, 5.74) is -1.16. The molecule has 2 N–H and O–H groups in total. The summed E-state index contributed by atoms with van der Waals surface area (Å²) >= 11 is 0. The lowest BCUT2D eigenvalue weighted by Gasteiger charge is -2.32. The molecule has 6 heterocycles. The standard InChI is InChI=1S/C19H21F3N8O.C2HF3O2/c1-27-11-14(16(26-27)19(20,21)22)24-18(31)13-10-23-30-7-4-15(25-17(13)30)29-9-8-28-5-2-12(29)3-6-28;3-2(4,5)1(6)7/h4,7,10-12H,2-3,5-6,8-9H2,1H3,(H,24,31);(H,6,7). The van der Waals surface area contributed by atoms with Gasteiger partial charge in [0.2, 0.25) is 0 Å². The van der Waals surface area contributed by atoms with E-state index in [1.165, 1.54) is 17.8 Å². The number of anilines is 2. The fraction of sp³-hybridized carbons (Fsp3) is 0.476. The van der Waals surface area contributed by atoms with Gasteiger partial charge < -0.3 is 20.2 Å². The van der Waals surface area contributed by atoms with Gasteiger partial charge in [-0.05, 0) is 18.9 Å². The van der Waals surface area contributed by atoms with Gasteiger partial charge in [0.1, 0.15) is 11.4 Å². The van der Waals surface area contributed by atoms with Gasteiger partial charge in [-0.15, -0.1) is 0 Å². The highest BCUT2D eigenvalue weighted by Gasteiger charge is 2.39. The van der Waals surface area contributed by atoms with Crippen LogP contribution in [0.1, 0.15) is 28.9 Å². The van der Waals surface area contributed by atoms with Gasteiger partial charge >= 0.3 is 18.3 Å². The molecule has 0 saturated carbocycles. The Morgan fingerprint density at radius 1 is 1.08 bits per heavy atom. The van der Waals surface area contributed by atoms with Crippen molar-refractivity contribution in [2.24, 2.45) is 7.05 Å². The molecule has 0 aliphatic carbocycles. The molecule has 0 atom stereocenters. The maximum Gasteiger partial charge on any atom is 0.490 e. The molecule has 11 nitrogen and oxygen atoms in total. The van der Waals surface area contributed by atoms with Crippen LogP contribution >= 0.6 is 0 Å². The number of hydrogen-bond acceptors (Lipinski definition) is 7. The molecule has 3 aliphatic heterocycles. The van der Waals surface area contributed by atoms with Crippen molar-refractivity contribution in [2.45, 2.75) is 31.2 Å². The molecule has 17 heteroatoms. The zero-order valence-corrected chi connectivity index (χ0v) is 19.8. The smallest absolute Gasteiger partial charge is 0.475 e. The van der Waals surface area contributed by atoms with Crippen molar-refractivity contribution in [1.29, 1.82) is 0 Å². The topological polar surface area (TPSA) is 121 Å². The molecule has 38 heavy (non-hydrogen) atoms. The minimum Gasteiger partial charge on any atom is -0.475 e. The predicted octanol–water partition coefficient (Wildman–Crippen LogP) is 2.65. The molecular formula is C21H22F6N8O3. The fourth-order valence-corrected chi connectivity index (χ4v) is 4.35. The van der Waals surface area contributed by atoms with Crippen LogP contribution < -0.4 is 10.2 Å². The van der Waals surface area contributed by atoms with Crippen LogP contribution in [0.2, 0.25) is 0 Å². The van der Waals surface area contributed by atoms with Crippen molar-refractivity contribution in [3.63, 3.8) is 0 Å². The van der Waals surface area contributed by atoms with Crippen LogP contribution in [0.25, 0.3) is 5.65 Å². The number of carboxylic acids is 1. The van der Waals surface area contributed by atoms with Crippen molar-refractivity contribution in [3.05, 3.63) is 35.9 Å². The summed E-state index contributed by atoms with van der Waals surface area (Å²) in [6.45, 7) is 3.93. The van der Waals surface area contributed by atoms with Gasteiger partial charge in [-0.3, -0.25) is 9.48 Å².